The zero-order chi connectivity index (χ0) is 17.8. The van der Waals surface area contributed by atoms with Crippen molar-refractivity contribution in [2.75, 3.05) is 5.32 Å². The number of rotatable bonds is 6. The largest absolute Gasteiger partial charge is 0.325 e. The Morgan fingerprint density at radius 2 is 2.00 bits per heavy atom. The Hall–Kier alpha value is -3.00. The monoisotopic (exact) mass is 333 g/mol. The molecular weight excluding hydrogens is 314 g/mol. The number of pyridine rings is 1. The summed E-state index contributed by atoms with van der Waals surface area (Å²) in [5, 5.41) is 12.0. The molecule has 0 saturated heterocycles. The zero-order valence-electron chi connectivity index (χ0n) is 14.0. The number of hydrogen-bond acceptors (Lipinski definition) is 4. The summed E-state index contributed by atoms with van der Waals surface area (Å²) >= 11 is 0. The fourth-order valence-corrected chi connectivity index (χ4v) is 2.65. The van der Waals surface area contributed by atoms with E-state index < -0.39 is 17.6 Å². The van der Waals surface area contributed by atoms with E-state index in [2.05, 4.69) is 10.3 Å². The SMILES string of the molecule is CCc1ccc(NC(=O)[C@@H](C#N)C(=O)c2ccnc(C3CC3)c2)cc1. The van der Waals surface area contributed by atoms with Gasteiger partial charge in [-0.15, -0.1) is 0 Å². The van der Waals surface area contributed by atoms with Crippen LogP contribution < -0.4 is 5.32 Å². The van der Waals surface area contributed by atoms with E-state index >= 15 is 0 Å². The highest BCUT2D eigenvalue weighted by atomic mass is 16.2. The third kappa shape index (κ3) is 3.92. The molecular formula is C20H19N3O2. The topological polar surface area (TPSA) is 82.9 Å². The minimum Gasteiger partial charge on any atom is -0.325 e. The number of amides is 1. The van der Waals surface area contributed by atoms with Crippen molar-refractivity contribution < 1.29 is 9.59 Å². The molecule has 1 N–H and O–H groups in total. The molecule has 1 aromatic carbocycles. The van der Waals surface area contributed by atoms with E-state index in [0.29, 0.717) is 17.2 Å². The molecule has 1 aliphatic rings. The molecule has 5 heteroatoms. The Balaban J connectivity index is 1.74. The predicted octanol–water partition coefficient (Wildman–Crippen LogP) is 3.48. The van der Waals surface area contributed by atoms with Crippen molar-refractivity contribution in [2.24, 2.45) is 5.92 Å². The van der Waals surface area contributed by atoms with Crippen LogP contribution in [0, 0.1) is 17.2 Å². The maximum absolute atomic E-state index is 12.6. The minimum absolute atomic E-state index is 0.361. The number of nitrogens with zero attached hydrogens (tertiary/aromatic N) is 2. The molecule has 0 bridgehead atoms. The average Bonchev–Trinajstić information content (AvgIpc) is 3.48. The number of ketones is 1. The first-order valence-electron chi connectivity index (χ1n) is 8.42. The van der Waals surface area contributed by atoms with E-state index in [4.69, 9.17) is 0 Å². The Morgan fingerprint density at radius 3 is 2.60 bits per heavy atom. The zero-order valence-corrected chi connectivity index (χ0v) is 14.0. The average molecular weight is 333 g/mol. The predicted molar refractivity (Wildman–Crippen MR) is 94.1 cm³/mol. The van der Waals surface area contributed by atoms with Crippen molar-refractivity contribution in [3.8, 4) is 6.07 Å². The van der Waals surface area contributed by atoms with Gasteiger partial charge in [0.25, 0.3) is 0 Å². The first-order chi connectivity index (χ1) is 12.1. The molecule has 1 heterocycles. The van der Waals surface area contributed by atoms with Gasteiger partial charge >= 0.3 is 0 Å². The lowest BCUT2D eigenvalue weighted by molar-refractivity contribution is -0.117. The quantitative estimate of drug-likeness (QED) is 0.648. The lowest BCUT2D eigenvalue weighted by Crippen LogP contribution is -2.28. The van der Waals surface area contributed by atoms with Crippen LogP contribution in [0.3, 0.4) is 0 Å². The van der Waals surface area contributed by atoms with Gasteiger partial charge in [0.15, 0.2) is 11.7 Å². The molecule has 3 rings (SSSR count). The second kappa shape index (κ2) is 7.27. The van der Waals surface area contributed by atoms with Gasteiger partial charge < -0.3 is 5.32 Å². The van der Waals surface area contributed by atoms with Crippen LogP contribution in [0.2, 0.25) is 0 Å². The van der Waals surface area contributed by atoms with E-state index in [9.17, 15) is 14.9 Å². The summed E-state index contributed by atoms with van der Waals surface area (Å²) in [4.78, 5) is 29.2. The molecule has 25 heavy (non-hydrogen) atoms. The molecule has 1 amide bonds. The lowest BCUT2D eigenvalue weighted by atomic mass is 9.97. The highest BCUT2D eigenvalue weighted by molar-refractivity contribution is 6.15. The Bertz CT molecular complexity index is 833. The van der Waals surface area contributed by atoms with Crippen molar-refractivity contribution in [3.05, 3.63) is 59.4 Å². The highest BCUT2D eigenvalue weighted by Crippen LogP contribution is 2.39. The van der Waals surface area contributed by atoms with Gasteiger partial charge in [-0.3, -0.25) is 14.6 Å². The number of benzene rings is 1. The van der Waals surface area contributed by atoms with Crippen molar-refractivity contribution in [1.29, 1.82) is 5.26 Å². The summed E-state index contributed by atoms with van der Waals surface area (Å²) in [6.45, 7) is 2.04. The van der Waals surface area contributed by atoms with Gasteiger partial charge in [0, 0.05) is 29.1 Å². The molecule has 1 aromatic heterocycles. The normalized spacial score (nSPS) is 14.4. The number of carbonyl (C=O) groups excluding carboxylic acids is 2. The summed E-state index contributed by atoms with van der Waals surface area (Å²) < 4.78 is 0. The number of carbonyl (C=O) groups is 2. The van der Waals surface area contributed by atoms with Gasteiger partial charge in [0.2, 0.25) is 5.91 Å². The van der Waals surface area contributed by atoms with Crippen molar-refractivity contribution >= 4 is 17.4 Å². The van der Waals surface area contributed by atoms with Gasteiger partial charge in [-0.05, 0) is 49.1 Å². The third-order valence-electron chi connectivity index (χ3n) is 4.34. The lowest BCUT2D eigenvalue weighted by Gasteiger charge is -2.10. The molecule has 0 unspecified atom stereocenters. The van der Waals surface area contributed by atoms with Crippen LogP contribution in [0.4, 0.5) is 5.69 Å². The Morgan fingerprint density at radius 1 is 1.28 bits per heavy atom. The standard InChI is InChI=1S/C20H19N3O2/c1-2-13-3-7-16(8-4-13)23-20(25)17(12-21)19(24)15-9-10-22-18(11-15)14-5-6-14/h3-4,7-11,14,17H,2,5-6H2,1H3,(H,23,25)/t17-/m0/s1. The van der Waals surface area contributed by atoms with Crippen molar-refractivity contribution in [1.82, 2.24) is 4.98 Å². The summed E-state index contributed by atoms with van der Waals surface area (Å²) in [7, 11) is 0. The fourth-order valence-electron chi connectivity index (χ4n) is 2.65. The van der Waals surface area contributed by atoms with Gasteiger partial charge in [-0.1, -0.05) is 19.1 Å². The number of anilines is 1. The second-order valence-corrected chi connectivity index (χ2v) is 6.21. The molecule has 1 aliphatic carbocycles. The van der Waals surface area contributed by atoms with Gasteiger partial charge in [0.1, 0.15) is 0 Å². The van der Waals surface area contributed by atoms with Crippen LogP contribution >= 0.6 is 0 Å². The number of hydrogen-bond donors (Lipinski definition) is 1. The van der Waals surface area contributed by atoms with E-state index in [-0.39, 0.29) is 0 Å². The van der Waals surface area contributed by atoms with Crippen LogP contribution in [-0.2, 0) is 11.2 Å². The number of Topliss-reactive ketones (excluding diaryl/α,β-unsaturated/α-hetero) is 1. The molecule has 0 spiro atoms. The molecule has 1 fully saturated rings. The molecule has 1 atom stereocenters. The molecule has 0 radical (unpaired) electrons. The molecule has 0 aliphatic heterocycles. The second-order valence-electron chi connectivity index (χ2n) is 6.21. The number of nitriles is 1. The van der Waals surface area contributed by atoms with Crippen molar-refractivity contribution in [3.63, 3.8) is 0 Å². The van der Waals surface area contributed by atoms with Crippen LogP contribution in [0.15, 0.2) is 42.6 Å². The third-order valence-corrected chi connectivity index (χ3v) is 4.34. The summed E-state index contributed by atoms with van der Waals surface area (Å²) in [5.74, 6) is -2.07. The summed E-state index contributed by atoms with van der Waals surface area (Å²) in [6, 6.07) is 12.4. The number of aromatic nitrogens is 1. The number of aryl methyl sites for hydroxylation is 1. The Kier molecular flexibility index (Phi) is 4.90. The molecule has 1 saturated carbocycles. The Labute approximate surface area is 146 Å². The number of nitrogens with one attached hydrogen (secondary N) is 1. The first-order valence-corrected chi connectivity index (χ1v) is 8.42. The maximum atomic E-state index is 12.6. The van der Waals surface area contributed by atoms with Crippen LogP contribution in [0.25, 0.3) is 0 Å². The van der Waals surface area contributed by atoms with E-state index in [1.807, 2.05) is 25.1 Å². The van der Waals surface area contributed by atoms with Crippen LogP contribution in [0.1, 0.15) is 47.3 Å². The highest BCUT2D eigenvalue weighted by Gasteiger charge is 2.30. The summed E-state index contributed by atoms with van der Waals surface area (Å²) in [6.07, 6.45) is 4.61. The van der Waals surface area contributed by atoms with E-state index in [1.165, 1.54) is 0 Å². The first kappa shape index (κ1) is 16.8. The fraction of sp³-hybridized carbons (Fsp3) is 0.300. The minimum atomic E-state index is -1.37. The van der Waals surface area contributed by atoms with E-state index in [1.54, 1.807) is 30.5 Å². The van der Waals surface area contributed by atoms with E-state index in [0.717, 1.165) is 30.5 Å². The summed E-state index contributed by atoms with van der Waals surface area (Å²) in [5.41, 5.74) is 2.94. The van der Waals surface area contributed by atoms with Gasteiger partial charge in [-0.2, -0.15) is 5.26 Å². The molecule has 2 aromatic rings. The van der Waals surface area contributed by atoms with Crippen molar-refractivity contribution in [2.45, 2.75) is 32.1 Å². The molecule has 5 nitrogen and oxygen atoms in total. The van der Waals surface area contributed by atoms with Gasteiger partial charge in [0.05, 0.1) is 6.07 Å². The van der Waals surface area contributed by atoms with Crippen LogP contribution in [-0.4, -0.2) is 16.7 Å². The van der Waals surface area contributed by atoms with Crippen LogP contribution in [0.5, 0.6) is 0 Å². The smallest absolute Gasteiger partial charge is 0.249 e. The molecule has 126 valence electrons. The van der Waals surface area contributed by atoms with Gasteiger partial charge in [-0.25, -0.2) is 0 Å². The maximum Gasteiger partial charge on any atom is 0.249 e.